The fourth-order valence-electron chi connectivity index (χ4n) is 4.28. The van der Waals surface area contributed by atoms with Crippen molar-refractivity contribution in [1.82, 2.24) is 10.2 Å². The maximum Gasteiger partial charge on any atom is 0.407 e. The molecule has 2 fully saturated rings. The summed E-state index contributed by atoms with van der Waals surface area (Å²) >= 11 is 0. The van der Waals surface area contributed by atoms with E-state index in [4.69, 9.17) is 10.5 Å². The average molecular weight is 407 g/mol. The van der Waals surface area contributed by atoms with Gasteiger partial charge in [0.1, 0.15) is 11.4 Å². The number of halogens is 1. The number of alkyl carbamates (subject to hydrolysis) is 1. The Morgan fingerprint density at radius 2 is 1.83 bits per heavy atom. The lowest BCUT2D eigenvalue weighted by Gasteiger charge is -2.39. The quantitative estimate of drug-likeness (QED) is 0.748. The minimum absolute atomic E-state index is 0.214. The van der Waals surface area contributed by atoms with Gasteiger partial charge in [0, 0.05) is 44.5 Å². The molecule has 1 aliphatic heterocycles. The number of nitrogens with two attached hydrogens (primary N) is 1. The number of rotatable bonds is 4. The van der Waals surface area contributed by atoms with Crippen LogP contribution in [0.25, 0.3) is 0 Å². The lowest BCUT2D eigenvalue weighted by molar-refractivity contribution is 0.0483. The minimum Gasteiger partial charge on any atom is -0.444 e. The van der Waals surface area contributed by atoms with Crippen molar-refractivity contribution in [3.63, 3.8) is 0 Å². The molecule has 1 aromatic carbocycles. The molecule has 0 atom stereocenters. The Morgan fingerprint density at radius 3 is 2.41 bits per heavy atom. The van der Waals surface area contributed by atoms with E-state index in [0.29, 0.717) is 17.3 Å². The maximum atomic E-state index is 14.1. The number of hydrogen-bond acceptors (Lipinski definition) is 5. The van der Waals surface area contributed by atoms with Gasteiger partial charge in [-0.3, -0.25) is 4.90 Å². The molecule has 2 aliphatic rings. The van der Waals surface area contributed by atoms with E-state index in [1.54, 1.807) is 12.1 Å². The number of amides is 1. The molecular formula is C22H35FN4O2. The predicted molar refractivity (Wildman–Crippen MR) is 115 cm³/mol. The molecule has 7 heteroatoms. The Hall–Kier alpha value is -2.02. The van der Waals surface area contributed by atoms with Crippen LogP contribution in [0.5, 0.6) is 0 Å². The number of piperazine rings is 1. The summed E-state index contributed by atoms with van der Waals surface area (Å²) < 4.78 is 19.5. The number of hydrogen-bond donors (Lipinski definition) is 2. The monoisotopic (exact) mass is 406 g/mol. The molecule has 0 radical (unpaired) electrons. The third kappa shape index (κ3) is 6.49. The molecule has 1 aliphatic carbocycles. The summed E-state index contributed by atoms with van der Waals surface area (Å²) in [5, 5.41) is 3.01. The molecule has 6 nitrogen and oxygen atoms in total. The van der Waals surface area contributed by atoms with Crippen molar-refractivity contribution in [2.75, 3.05) is 43.4 Å². The van der Waals surface area contributed by atoms with Gasteiger partial charge in [-0.2, -0.15) is 0 Å². The Balaban J connectivity index is 1.38. The topological polar surface area (TPSA) is 70.8 Å². The summed E-state index contributed by atoms with van der Waals surface area (Å²) in [6.45, 7) is 10.3. The molecule has 3 rings (SSSR count). The van der Waals surface area contributed by atoms with Crippen molar-refractivity contribution in [3.8, 4) is 0 Å². The van der Waals surface area contributed by atoms with E-state index < -0.39 is 5.60 Å². The van der Waals surface area contributed by atoms with Crippen LogP contribution in [0.1, 0.15) is 46.5 Å². The largest absolute Gasteiger partial charge is 0.444 e. The van der Waals surface area contributed by atoms with Crippen LogP contribution in [-0.2, 0) is 4.74 Å². The van der Waals surface area contributed by atoms with Crippen molar-refractivity contribution in [2.24, 2.45) is 5.92 Å². The summed E-state index contributed by atoms with van der Waals surface area (Å²) in [4.78, 5) is 16.5. The first-order valence-electron chi connectivity index (χ1n) is 10.7. The molecule has 1 heterocycles. The fourth-order valence-corrected chi connectivity index (χ4v) is 4.28. The molecule has 1 aromatic rings. The third-order valence-corrected chi connectivity index (χ3v) is 5.77. The summed E-state index contributed by atoms with van der Waals surface area (Å²) in [7, 11) is 0. The van der Waals surface area contributed by atoms with E-state index in [-0.39, 0.29) is 18.0 Å². The predicted octanol–water partition coefficient (Wildman–Crippen LogP) is 3.61. The molecule has 1 saturated heterocycles. The number of nitrogen functional groups attached to an aromatic ring is 1. The average Bonchev–Trinajstić information content (AvgIpc) is 2.63. The molecule has 0 spiro atoms. The van der Waals surface area contributed by atoms with E-state index in [2.05, 4.69) is 15.1 Å². The molecule has 0 unspecified atom stereocenters. The van der Waals surface area contributed by atoms with Crippen LogP contribution < -0.4 is 16.0 Å². The molecule has 1 amide bonds. The number of carbonyl (C=O) groups excluding carboxylic acids is 1. The zero-order valence-corrected chi connectivity index (χ0v) is 17.9. The number of carbonyl (C=O) groups is 1. The van der Waals surface area contributed by atoms with Gasteiger partial charge in [-0.05, 0) is 70.6 Å². The maximum absolute atomic E-state index is 14.1. The first-order valence-corrected chi connectivity index (χ1v) is 10.7. The summed E-state index contributed by atoms with van der Waals surface area (Å²) in [6.07, 6.45) is 3.92. The number of anilines is 2. The lowest BCUT2D eigenvalue weighted by atomic mass is 9.85. The molecule has 0 bridgehead atoms. The Labute approximate surface area is 173 Å². The Bertz CT molecular complexity index is 691. The van der Waals surface area contributed by atoms with E-state index in [9.17, 15) is 9.18 Å². The zero-order chi connectivity index (χ0) is 21.0. The van der Waals surface area contributed by atoms with Crippen molar-refractivity contribution < 1.29 is 13.9 Å². The second-order valence-corrected chi connectivity index (χ2v) is 9.36. The van der Waals surface area contributed by atoms with Crippen molar-refractivity contribution in [3.05, 3.63) is 24.0 Å². The van der Waals surface area contributed by atoms with Gasteiger partial charge in [0.05, 0.1) is 5.69 Å². The van der Waals surface area contributed by atoms with Crippen LogP contribution in [0.3, 0.4) is 0 Å². The smallest absolute Gasteiger partial charge is 0.407 e. The number of benzene rings is 1. The summed E-state index contributed by atoms with van der Waals surface area (Å²) in [6, 6.07) is 5.14. The van der Waals surface area contributed by atoms with Gasteiger partial charge in [-0.15, -0.1) is 0 Å². The lowest BCUT2D eigenvalue weighted by Crippen LogP contribution is -2.49. The van der Waals surface area contributed by atoms with Crippen molar-refractivity contribution in [2.45, 2.75) is 58.1 Å². The summed E-state index contributed by atoms with van der Waals surface area (Å²) in [5.74, 6) is 0.417. The SMILES string of the molecule is CC(C)(C)OC(=O)NC1CCC(CN2CCN(c3ccc(N)cc3F)CC2)CC1. The zero-order valence-electron chi connectivity index (χ0n) is 17.9. The van der Waals surface area contributed by atoms with Crippen LogP contribution in [-0.4, -0.2) is 55.4 Å². The van der Waals surface area contributed by atoms with Crippen LogP contribution in [0.2, 0.25) is 0 Å². The normalized spacial score (nSPS) is 23.7. The second kappa shape index (κ2) is 9.20. The highest BCUT2D eigenvalue weighted by atomic mass is 19.1. The van der Waals surface area contributed by atoms with Gasteiger partial charge in [0.15, 0.2) is 0 Å². The van der Waals surface area contributed by atoms with Gasteiger partial charge in [-0.25, -0.2) is 9.18 Å². The van der Waals surface area contributed by atoms with Crippen LogP contribution in [0.15, 0.2) is 18.2 Å². The van der Waals surface area contributed by atoms with Crippen LogP contribution in [0.4, 0.5) is 20.6 Å². The molecule has 162 valence electrons. The first-order chi connectivity index (χ1) is 13.7. The number of nitrogens with one attached hydrogen (secondary N) is 1. The molecule has 1 saturated carbocycles. The number of nitrogens with zero attached hydrogens (tertiary/aromatic N) is 2. The van der Waals surface area contributed by atoms with Crippen LogP contribution >= 0.6 is 0 Å². The fraction of sp³-hybridized carbons (Fsp3) is 0.682. The van der Waals surface area contributed by atoms with Gasteiger partial charge in [0.25, 0.3) is 0 Å². The summed E-state index contributed by atoms with van der Waals surface area (Å²) in [5.41, 5.74) is 6.30. The highest BCUT2D eigenvalue weighted by Crippen LogP contribution is 2.27. The van der Waals surface area contributed by atoms with Gasteiger partial charge < -0.3 is 20.7 Å². The van der Waals surface area contributed by atoms with Crippen molar-refractivity contribution in [1.29, 1.82) is 0 Å². The molecular weight excluding hydrogens is 371 g/mol. The second-order valence-electron chi connectivity index (χ2n) is 9.36. The standard InChI is InChI=1S/C22H35FN4O2/c1-22(2,3)29-21(28)25-18-7-4-16(5-8-18)15-26-10-12-27(13-11-26)20-9-6-17(24)14-19(20)23/h6,9,14,16,18H,4-5,7-8,10-13,15,24H2,1-3H3,(H,25,28). The van der Waals surface area contributed by atoms with E-state index >= 15 is 0 Å². The van der Waals surface area contributed by atoms with Gasteiger partial charge in [-0.1, -0.05) is 0 Å². The minimum atomic E-state index is -0.460. The van der Waals surface area contributed by atoms with E-state index in [0.717, 1.165) is 58.4 Å². The Kier molecular flexibility index (Phi) is 6.88. The molecule has 0 aromatic heterocycles. The first kappa shape index (κ1) is 21.7. The van der Waals surface area contributed by atoms with Crippen LogP contribution in [0, 0.1) is 11.7 Å². The molecule has 29 heavy (non-hydrogen) atoms. The van der Waals surface area contributed by atoms with Gasteiger partial charge in [0.2, 0.25) is 0 Å². The van der Waals surface area contributed by atoms with Crippen molar-refractivity contribution >= 4 is 17.5 Å². The third-order valence-electron chi connectivity index (χ3n) is 5.77. The molecule has 3 N–H and O–H groups in total. The number of ether oxygens (including phenoxy) is 1. The van der Waals surface area contributed by atoms with Gasteiger partial charge >= 0.3 is 6.09 Å². The highest BCUT2D eigenvalue weighted by Gasteiger charge is 2.27. The highest BCUT2D eigenvalue weighted by molar-refractivity contribution is 5.68. The Morgan fingerprint density at radius 1 is 1.17 bits per heavy atom. The van der Waals surface area contributed by atoms with E-state index in [1.165, 1.54) is 6.07 Å². The van der Waals surface area contributed by atoms with E-state index in [1.807, 2.05) is 20.8 Å².